The van der Waals surface area contributed by atoms with Crippen LogP contribution in [0, 0.1) is 6.92 Å². The third-order valence-electron chi connectivity index (χ3n) is 4.43. The van der Waals surface area contributed by atoms with Crippen LogP contribution in [0.25, 0.3) is 0 Å². The van der Waals surface area contributed by atoms with Crippen molar-refractivity contribution in [2.75, 3.05) is 11.3 Å². The fourth-order valence-corrected chi connectivity index (χ4v) is 4.16. The Hall–Kier alpha value is -2.39. The van der Waals surface area contributed by atoms with E-state index in [-0.39, 0.29) is 35.4 Å². The van der Waals surface area contributed by atoms with Gasteiger partial charge in [0.25, 0.3) is 15.9 Å². The molecule has 2 rings (SSSR count). The number of hydrogen-bond donors (Lipinski definition) is 3. The maximum Gasteiger partial charge on any atom is 0.261 e. The van der Waals surface area contributed by atoms with E-state index >= 15 is 0 Å². The Kier molecular flexibility index (Phi) is 8.43. The first-order chi connectivity index (χ1) is 14.1. The summed E-state index contributed by atoms with van der Waals surface area (Å²) < 4.78 is 28.7. The molecule has 1 unspecified atom stereocenters. The second kappa shape index (κ2) is 10.6. The van der Waals surface area contributed by atoms with Crippen LogP contribution in [0.3, 0.4) is 0 Å². The zero-order chi connectivity index (χ0) is 22.3. The number of sulfonamides is 1. The first kappa shape index (κ1) is 23.9. The molecule has 0 fully saturated rings. The smallest absolute Gasteiger partial charge is 0.261 e. The molecule has 0 saturated carbocycles. The van der Waals surface area contributed by atoms with Gasteiger partial charge >= 0.3 is 0 Å². The van der Waals surface area contributed by atoms with Crippen LogP contribution < -0.4 is 15.4 Å². The van der Waals surface area contributed by atoms with Gasteiger partial charge in [-0.15, -0.1) is 0 Å². The van der Waals surface area contributed by atoms with E-state index in [2.05, 4.69) is 31.3 Å². The highest BCUT2D eigenvalue weighted by molar-refractivity contribution is 9.10. The maximum atomic E-state index is 12.8. The number of carbonyl (C=O) groups excluding carboxylic acids is 2. The van der Waals surface area contributed by atoms with Gasteiger partial charge < -0.3 is 10.6 Å². The summed E-state index contributed by atoms with van der Waals surface area (Å²) in [6.45, 7) is 5.90. The van der Waals surface area contributed by atoms with Crippen molar-refractivity contribution in [3.05, 3.63) is 58.1 Å². The SMILES string of the molecule is CCC(C)NC(=O)CCNC(=O)c1cccc(S(=O)(=O)Nc2cc(C)ccc2Br)c1. The van der Waals surface area contributed by atoms with Gasteiger partial charge in [-0.25, -0.2) is 8.42 Å². The van der Waals surface area contributed by atoms with Crippen molar-refractivity contribution in [2.24, 2.45) is 0 Å². The summed E-state index contributed by atoms with van der Waals surface area (Å²) in [7, 11) is -3.88. The lowest BCUT2D eigenvalue weighted by molar-refractivity contribution is -0.121. The molecule has 2 aromatic rings. The first-order valence-corrected chi connectivity index (χ1v) is 11.9. The van der Waals surface area contributed by atoms with Crippen molar-refractivity contribution in [2.45, 2.75) is 44.6 Å². The van der Waals surface area contributed by atoms with Crippen LogP contribution in [0.1, 0.15) is 42.6 Å². The Morgan fingerprint density at radius 1 is 1.13 bits per heavy atom. The van der Waals surface area contributed by atoms with Crippen molar-refractivity contribution in [1.29, 1.82) is 0 Å². The molecule has 0 heterocycles. The van der Waals surface area contributed by atoms with E-state index in [1.165, 1.54) is 24.3 Å². The summed E-state index contributed by atoms with van der Waals surface area (Å²) in [5, 5.41) is 5.47. The van der Waals surface area contributed by atoms with Gasteiger partial charge in [0.2, 0.25) is 5.91 Å². The summed E-state index contributed by atoms with van der Waals surface area (Å²) in [6.07, 6.45) is 0.976. The molecule has 162 valence electrons. The van der Waals surface area contributed by atoms with Crippen LogP contribution in [0.4, 0.5) is 5.69 Å². The molecule has 0 bridgehead atoms. The van der Waals surface area contributed by atoms with Crippen LogP contribution >= 0.6 is 15.9 Å². The molecule has 0 aliphatic rings. The number of halogens is 1. The van der Waals surface area contributed by atoms with Gasteiger partial charge in [-0.05, 0) is 72.1 Å². The molecular weight excluding hydrogens is 470 g/mol. The highest BCUT2D eigenvalue weighted by Gasteiger charge is 2.18. The summed E-state index contributed by atoms with van der Waals surface area (Å²) in [6, 6.07) is 11.2. The lowest BCUT2D eigenvalue weighted by atomic mass is 10.2. The summed E-state index contributed by atoms with van der Waals surface area (Å²) in [5.74, 6) is -0.589. The van der Waals surface area contributed by atoms with Crippen molar-refractivity contribution >= 4 is 43.5 Å². The minimum atomic E-state index is -3.88. The monoisotopic (exact) mass is 495 g/mol. The number of aryl methyl sites for hydroxylation is 1. The third-order valence-corrected chi connectivity index (χ3v) is 6.48. The predicted molar refractivity (Wildman–Crippen MR) is 121 cm³/mol. The number of rotatable bonds is 9. The van der Waals surface area contributed by atoms with Gasteiger partial charge in [0.1, 0.15) is 0 Å². The molecule has 9 heteroatoms. The Morgan fingerprint density at radius 2 is 1.87 bits per heavy atom. The van der Waals surface area contributed by atoms with Crippen molar-refractivity contribution < 1.29 is 18.0 Å². The molecule has 0 spiro atoms. The van der Waals surface area contributed by atoms with Crippen molar-refractivity contribution in [3.8, 4) is 0 Å². The van der Waals surface area contributed by atoms with E-state index in [0.717, 1.165) is 12.0 Å². The van der Waals surface area contributed by atoms with Gasteiger partial charge in [0.15, 0.2) is 0 Å². The number of hydrogen-bond acceptors (Lipinski definition) is 4. The second-order valence-electron chi connectivity index (χ2n) is 7.00. The Bertz CT molecular complexity index is 1020. The van der Waals surface area contributed by atoms with Crippen molar-refractivity contribution in [3.63, 3.8) is 0 Å². The van der Waals surface area contributed by atoms with Crippen LogP contribution in [-0.2, 0) is 14.8 Å². The van der Waals surface area contributed by atoms with Gasteiger partial charge in [-0.3, -0.25) is 14.3 Å². The molecule has 0 aromatic heterocycles. The van der Waals surface area contributed by atoms with Gasteiger partial charge in [0, 0.05) is 29.0 Å². The normalized spacial score (nSPS) is 12.1. The Labute approximate surface area is 185 Å². The van der Waals surface area contributed by atoms with Crippen LogP contribution in [0.15, 0.2) is 51.8 Å². The Balaban J connectivity index is 2.05. The molecule has 2 amide bonds. The molecule has 3 N–H and O–H groups in total. The van der Waals surface area contributed by atoms with E-state index in [1.54, 1.807) is 12.1 Å². The standard InChI is InChI=1S/C21H26BrN3O4S/c1-4-15(3)24-20(26)10-11-23-21(27)16-6-5-7-17(13-16)30(28,29)25-19-12-14(2)8-9-18(19)22/h5-9,12-13,15,25H,4,10-11H2,1-3H3,(H,23,27)(H,24,26). The van der Waals surface area contributed by atoms with Crippen LogP contribution in [0.2, 0.25) is 0 Å². The quantitative estimate of drug-likeness (QED) is 0.494. The molecule has 2 aromatic carbocycles. The summed E-state index contributed by atoms with van der Waals surface area (Å²) >= 11 is 3.33. The second-order valence-corrected chi connectivity index (χ2v) is 9.54. The van der Waals surface area contributed by atoms with Crippen LogP contribution in [-0.4, -0.2) is 32.8 Å². The molecule has 30 heavy (non-hydrogen) atoms. The summed E-state index contributed by atoms with van der Waals surface area (Å²) in [4.78, 5) is 24.1. The number of nitrogens with one attached hydrogen (secondary N) is 3. The average Bonchev–Trinajstić information content (AvgIpc) is 2.70. The lowest BCUT2D eigenvalue weighted by Crippen LogP contribution is -2.35. The number of benzene rings is 2. The highest BCUT2D eigenvalue weighted by atomic mass is 79.9. The molecule has 0 radical (unpaired) electrons. The average molecular weight is 496 g/mol. The number of amides is 2. The van der Waals surface area contributed by atoms with E-state index in [0.29, 0.717) is 10.2 Å². The molecule has 7 nitrogen and oxygen atoms in total. The minimum Gasteiger partial charge on any atom is -0.354 e. The lowest BCUT2D eigenvalue weighted by Gasteiger charge is -2.12. The molecule has 0 aliphatic carbocycles. The van der Waals surface area contributed by atoms with E-state index in [4.69, 9.17) is 0 Å². The molecule has 0 saturated heterocycles. The van der Waals surface area contributed by atoms with Gasteiger partial charge in [-0.1, -0.05) is 19.1 Å². The topological polar surface area (TPSA) is 104 Å². The van der Waals surface area contributed by atoms with Gasteiger partial charge in [0.05, 0.1) is 10.6 Å². The highest BCUT2D eigenvalue weighted by Crippen LogP contribution is 2.26. The molecular formula is C21H26BrN3O4S. The first-order valence-electron chi connectivity index (χ1n) is 9.59. The van der Waals surface area contributed by atoms with Gasteiger partial charge in [-0.2, -0.15) is 0 Å². The molecule has 1 atom stereocenters. The van der Waals surface area contributed by atoms with Crippen molar-refractivity contribution in [1.82, 2.24) is 10.6 Å². The maximum absolute atomic E-state index is 12.8. The van der Waals surface area contributed by atoms with Crippen LogP contribution in [0.5, 0.6) is 0 Å². The number of carbonyl (C=O) groups is 2. The summed E-state index contributed by atoms with van der Waals surface area (Å²) in [5.41, 5.74) is 1.52. The minimum absolute atomic E-state index is 0.0296. The zero-order valence-corrected chi connectivity index (χ0v) is 19.6. The van der Waals surface area contributed by atoms with E-state index in [1.807, 2.05) is 26.8 Å². The fraction of sp³-hybridized carbons (Fsp3) is 0.333. The fourth-order valence-electron chi connectivity index (χ4n) is 2.57. The third kappa shape index (κ3) is 6.84. The Morgan fingerprint density at radius 3 is 2.57 bits per heavy atom. The predicted octanol–water partition coefficient (Wildman–Crippen LogP) is 3.59. The van der Waals surface area contributed by atoms with E-state index < -0.39 is 15.9 Å². The number of anilines is 1. The molecule has 0 aliphatic heterocycles. The largest absolute Gasteiger partial charge is 0.354 e. The zero-order valence-electron chi connectivity index (χ0n) is 17.2. The van der Waals surface area contributed by atoms with E-state index in [9.17, 15) is 18.0 Å².